The van der Waals surface area contributed by atoms with Crippen LogP contribution in [0.2, 0.25) is 0 Å². The van der Waals surface area contributed by atoms with Gasteiger partial charge in [0.05, 0.1) is 5.39 Å². The van der Waals surface area contributed by atoms with Crippen LogP contribution < -0.4 is 5.32 Å². The first-order valence-electron chi connectivity index (χ1n) is 7.02. The lowest BCUT2D eigenvalue weighted by Crippen LogP contribution is -2.06. The largest absolute Gasteiger partial charge is 0.369 e. The summed E-state index contributed by atoms with van der Waals surface area (Å²) in [5.41, 5.74) is 2.58. The minimum atomic E-state index is 0.946. The fourth-order valence-corrected chi connectivity index (χ4v) is 2.69. The van der Waals surface area contributed by atoms with E-state index in [4.69, 9.17) is 0 Å². The standard InChI is InChI=1S/C15H20N4/c1-19-10-8-13-14(17-11-18-15(13)19)16-9-7-12-5-3-2-4-6-12/h5,8,10-11H,2-4,6-7,9H2,1H3,(H,16,17,18). The topological polar surface area (TPSA) is 42.7 Å². The Morgan fingerprint density at radius 1 is 1.32 bits per heavy atom. The first kappa shape index (κ1) is 12.2. The van der Waals surface area contributed by atoms with Gasteiger partial charge in [0.2, 0.25) is 0 Å². The predicted molar refractivity (Wildman–Crippen MR) is 78.2 cm³/mol. The average molecular weight is 256 g/mol. The van der Waals surface area contributed by atoms with Gasteiger partial charge < -0.3 is 9.88 Å². The first-order chi connectivity index (χ1) is 9.34. The minimum absolute atomic E-state index is 0.946. The highest BCUT2D eigenvalue weighted by atomic mass is 15.1. The Morgan fingerprint density at radius 3 is 3.11 bits per heavy atom. The molecular formula is C15H20N4. The Hall–Kier alpha value is -1.84. The molecule has 0 bridgehead atoms. The third kappa shape index (κ3) is 2.62. The molecule has 0 saturated heterocycles. The molecular weight excluding hydrogens is 236 g/mol. The summed E-state index contributed by atoms with van der Waals surface area (Å²) in [6.45, 7) is 0.951. The van der Waals surface area contributed by atoms with Crippen molar-refractivity contribution in [3.8, 4) is 0 Å². The van der Waals surface area contributed by atoms with Gasteiger partial charge in [0.1, 0.15) is 17.8 Å². The minimum Gasteiger partial charge on any atom is -0.369 e. The molecule has 100 valence electrons. The zero-order valence-electron chi connectivity index (χ0n) is 11.4. The maximum Gasteiger partial charge on any atom is 0.145 e. The van der Waals surface area contributed by atoms with Crippen LogP contribution in [0.15, 0.2) is 30.2 Å². The van der Waals surface area contributed by atoms with Crippen LogP contribution in [0.3, 0.4) is 0 Å². The van der Waals surface area contributed by atoms with Crippen molar-refractivity contribution in [1.82, 2.24) is 14.5 Å². The van der Waals surface area contributed by atoms with Crippen LogP contribution in [0, 0.1) is 0 Å². The molecule has 19 heavy (non-hydrogen) atoms. The lowest BCUT2D eigenvalue weighted by atomic mass is 9.97. The number of anilines is 1. The van der Waals surface area contributed by atoms with Crippen LogP contribution in [-0.4, -0.2) is 21.1 Å². The molecule has 2 aromatic heterocycles. The Morgan fingerprint density at radius 2 is 2.26 bits per heavy atom. The molecule has 0 atom stereocenters. The molecule has 0 aromatic carbocycles. The zero-order chi connectivity index (χ0) is 13.1. The summed E-state index contributed by atoms with van der Waals surface area (Å²) >= 11 is 0. The Bertz CT molecular complexity index is 597. The number of aromatic nitrogens is 3. The number of nitrogens with zero attached hydrogens (tertiary/aromatic N) is 3. The fourth-order valence-electron chi connectivity index (χ4n) is 2.69. The van der Waals surface area contributed by atoms with E-state index in [1.165, 1.54) is 25.7 Å². The number of hydrogen-bond acceptors (Lipinski definition) is 3. The number of rotatable bonds is 4. The van der Waals surface area contributed by atoms with Gasteiger partial charge in [0.25, 0.3) is 0 Å². The second-order valence-electron chi connectivity index (χ2n) is 5.17. The lowest BCUT2D eigenvalue weighted by Gasteiger charge is -2.13. The highest BCUT2D eigenvalue weighted by Gasteiger charge is 2.07. The van der Waals surface area contributed by atoms with Crippen molar-refractivity contribution in [2.45, 2.75) is 32.1 Å². The van der Waals surface area contributed by atoms with Gasteiger partial charge >= 0.3 is 0 Å². The summed E-state index contributed by atoms with van der Waals surface area (Å²) in [7, 11) is 2.01. The van der Waals surface area contributed by atoms with Gasteiger partial charge in [-0.2, -0.15) is 0 Å². The SMILES string of the molecule is Cn1ccc2c(NCCC3=CCCCC3)ncnc21. The van der Waals surface area contributed by atoms with Gasteiger partial charge in [-0.05, 0) is 38.2 Å². The first-order valence-corrected chi connectivity index (χ1v) is 7.02. The van der Waals surface area contributed by atoms with Crippen LogP contribution in [0.1, 0.15) is 32.1 Å². The van der Waals surface area contributed by atoms with Gasteiger partial charge in [-0.3, -0.25) is 0 Å². The molecule has 0 fully saturated rings. The molecule has 1 N–H and O–H groups in total. The van der Waals surface area contributed by atoms with Crippen LogP contribution in [-0.2, 0) is 7.05 Å². The lowest BCUT2D eigenvalue weighted by molar-refractivity contribution is 0.679. The van der Waals surface area contributed by atoms with E-state index in [9.17, 15) is 0 Å². The summed E-state index contributed by atoms with van der Waals surface area (Å²) in [4.78, 5) is 8.65. The molecule has 3 rings (SSSR count). The van der Waals surface area contributed by atoms with Gasteiger partial charge in [-0.1, -0.05) is 11.6 Å². The second-order valence-corrected chi connectivity index (χ2v) is 5.17. The smallest absolute Gasteiger partial charge is 0.145 e. The molecule has 4 nitrogen and oxygen atoms in total. The van der Waals surface area contributed by atoms with Crippen LogP contribution in [0.4, 0.5) is 5.82 Å². The third-order valence-electron chi connectivity index (χ3n) is 3.79. The molecule has 0 radical (unpaired) electrons. The van der Waals surface area contributed by atoms with Crippen LogP contribution in [0.25, 0.3) is 11.0 Å². The number of hydrogen-bond donors (Lipinski definition) is 1. The molecule has 1 aliphatic carbocycles. The second kappa shape index (κ2) is 5.43. The van der Waals surface area contributed by atoms with Crippen molar-refractivity contribution in [3.05, 3.63) is 30.2 Å². The molecule has 0 aliphatic heterocycles. The molecule has 0 unspecified atom stereocenters. The van der Waals surface area contributed by atoms with Gasteiger partial charge in [0, 0.05) is 19.8 Å². The van der Waals surface area contributed by atoms with E-state index in [2.05, 4.69) is 27.4 Å². The fraction of sp³-hybridized carbons (Fsp3) is 0.467. The van der Waals surface area contributed by atoms with Crippen molar-refractivity contribution in [2.75, 3.05) is 11.9 Å². The summed E-state index contributed by atoms with van der Waals surface area (Å²) < 4.78 is 2.02. The Labute approximate surface area is 113 Å². The van der Waals surface area contributed by atoms with Crippen molar-refractivity contribution < 1.29 is 0 Å². The number of aryl methyl sites for hydroxylation is 1. The molecule has 0 spiro atoms. The highest BCUT2D eigenvalue weighted by Crippen LogP contribution is 2.22. The van der Waals surface area contributed by atoms with Crippen LogP contribution in [0.5, 0.6) is 0 Å². The van der Waals surface area contributed by atoms with Crippen molar-refractivity contribution >= 4 is 16.9 Å². The van der Waals surface area contributed by atoms with E-state index in [-0.39, 0.29) is 0 Å². The normalized spacial score (nSPS) is 15.5. The highest BCUT2D eigenvalue weighted by molar-refractivity contribution is 5.87. The molecule has 4 heteroatoms. The van der Waals surface area contributed by atoms with Crippen molar-refractivity contribution in [2.24, 2.45) is 7.05 Å². The summed E-state index contributed by atoms with van der Waals surface area (Å²) in [6, 6.07) is 2.07. The zero-order valence-corrected chi connectivity index (χ0v) is 11.4. The van der Waals surface area contributed by atoms with E-state index in [0.29, 0.717) is 0 Å². The monoisotopic (exact) mass is 256 g/mol. The molecule has 2 heterocycles. The van der Waals surface area contributed by atoms with E-state index >= 15 is 0 Å². The molecule has 2 aromatic rings. The van der Waals surface area contributed by atoms with E-state index in [1.54, 1.807) is 11.9 Å². The van der Waals surface area contributed by atoms with E-state index in [0.717, 1.165) is 29.8 Å². The molecule has 0 amide bonds. The third-order valence-corrected chi connectivity index (χ3v) is 3.79. The number of fused-ring (bicyclic) bond motifs is 1. The maximum atomic E-state index is 4.35. The molecule has 0 saturated carbocycles. The summed E-state index contributed by atoms with van der Waals surface area (Å²) in [5.74, 6) is 0.946. The average Bonchev–Trinajstić information content (AvgIpc) is 2.83. The molecule has 1 aliphatic rings. The van der Waals surface area contributed by atoms with Gasteiger partial charge in [0.15, 0.2) is 0 Å². The number of nitrogens with one attached hydrogen (secondary N) is 1. The Kier molecular flexibility index (Phi) is 3.49. The van der Waals surface area contributed by atoms with E-state index in [1.807, 2.05) is 17.8 Å². The predicted octanol–water partition coefficient (Wildman–Crippen LogP) is 3.27. The maximum absolute atomic E-state index is 4.35. The quantitative estimate of drug-likeness (QED) is 0.854. The van der Waals surface area contributed by atoms with E-state index < -0.39 is 0 Å². The van der Waals surface area contributed by atoms with Crippen LogP contribution >= 0.6 is 0 Å². The number of allylic oxidation sites excluding steroid dienone is 1. The van der Waals surface area contributed by atoms with Gasteiger partial charge in [-0.15, -0.1) is 0 Å². The van der Waals surface area contributed by atoms with Gasteiger partial charge in [-0.25, -0.2) is 9.97 Å². The van der Waals surface area contributed by atoms with Crippen molar-refractivity contribution in [1.29, 1.82) is 0 Å². The van der Waals surface area contributed by atoms with Crippen molar-refractivity contribution in [3.63, 3.8) is 0 Å². The summed E-state index contributed by atoms with van der Waals surface area (Å²) in [6.07, 6.45) is 12.4. The Balaban J connectivity index is 1.66. The summed E-state index contributed by atoms with van der Waals surface area (Å²) in [5, 5.41) is 4.54.